The van der Waals surface area contributed by atoms with Gasteiger partial charge in [-0.2, -0.15) is 0 Å². The van der Waals surface area contributed by atoms with Gasteiger partial charge in [-0.1, -0.05) is 77.6 Å². The van der Waals surface area contributed by atoms with Crippen LogP contribution in [0.4, 0.5) is 0 Å². The molecule has 1 heterocycles. The Bertz CT molecular complexity index is 297. The van der Waals surface area contributed by atoms with E-state index in [1.165, 1.54) is 77.0 Å². The first kappa shape index (κ1) is 17.1. The summed E-state index contributed by atoms with van der Waals surface area (Å²) in [6.45, 7) is 4.47. The fourth-order valence-corrected chi connectivity index (χ4v) is 2.61. The minimum Gasteiger partial charge on any atom is -0.230 e. The molecule has 0 saturated heterocycles. The van der Waals surface area contributed by atoms with Crippen molar-refractivity contribution in [2.45, 2.75) is 96.9 Å². The first-order chi connectivity index (χ1) is 9.84. The monoisotopic (exact) mass is 280 g/mol. The predicted octanol–water partition coefficient (Wildman–Crippen LogP) is 4.94. The lowest BCUT2D eigenvalue weighted by molar-refractivity contribution is 0.423. The first-order valence-electron chi connectivity index (χ1n) is 8.57. The van der Waals surface area contributed by atoms with Crippen molar-refractivity contribution < 1.29 is 0 Å². The number of hydrogen-bond donors (Lipinski definition) is 0. The number of rotatable bonds is 13. The van der Waals surface area contributed by atoms with Crippen LogP contribution in [0.2, 0.25) is 0 Å². The van der Waals surface area contributed by atoms with Crippen molar-refractivity contribution in [3.63, 3.8) is 0 Å². The summed E-state index contributed by atoms with van der Waals surface area (Å²) in [5.74, 6) is 0. The van der Waals surface area contributed by atoms with E-state index in [-0.39, 0.29) is 0 Å². The maximum Gasteiger partial charge on any atom is 0.138 e. The maximum absolute atomic E-state index is 3.94. The standard InChI is InChI=1S/C16H32N4/c1-3-4-5-6-7-8-9-10-11-12-13-14-16(2)20-15-17-18-19-20/h15-16H,3-14H2,1-2H3. The Balaban J connectivity index is 1.81. The normalized spacial score (nSPS) is 12.7. The summed E-state index contributed by atoms with van der Waals surface area (Å²) in [4.78, 5) is 0. The minimum atomic E-state index is 0.434. The van der Waals surface area contributed by atoms with E-state index < -0.39 is 0 Å². The molecule has 0 spiro atoms. The Kier molecular flexibility index (Phi) is 10.2. The second kappa shape index (κ2) is 11.9. The third-order valence-electron chi connectivity index (χ3n) is 4.04. The van der Waals surface area contributed by atoms with Crippen molar-refractivity contribution in [1.29, 1.82) is 0 Å². The van der Waals surface area contributed by atoms with Crippen LogP contribution in [0.25, 0.3) is 0 Å². The molecule has 1 unspecified atom stereocenters. The molecule has 4 heteroatoms. The zero-order valence-corrected chi connectivity index (χ0v) is 13.4. The van der Waals surface area contributed by atoms with Gasteiger partial charge in [0.1, 0.15) is 6.33 Å². The third kappa shape index (κ3) is 8.28. The van der Waals surface area contributed by atoms with Crippen LogP contribution < -0.4 is 0 Å². The number of nitrogens with zero attached hydrogens (tertiary/aromatic N) is 4. The molecule has 1 atom stereocenters. The van der Waals surface area contributed by atoms with Crippen LogP contribution in [-0.2, 0) is 0 Å². The van der Waals surface area contributed by atoms with Crippen LogP contribution in [0.3, 0.4) is 0 Å². The number of tetrazole rings is 1. The van der Waals surface area contributed by atoms with Gasteiger partial charge in [0.15, 0.2) is 0 Å². The smallest absolute Gasteiger partial charge is 0.138 e. The molecule has 1 aromatic heterocycles. The van der Waals surface area contributed by atoms with E-state index in [1.54, 1.807) is 6.33 Å². The molecule has 4 nitrogen and oxygen atoms in total. The average Bonchev–Trinajstić information content (AvgIpc) is 2.99. The maximum atomic E-state index is 3.94. The molecule has 0 aromatic carbocycles. The van der Waals surface area contributed by atoms with E-state index in [0.29, 0.717) is 6.04 Å². The third-order valence-corrected chi connectivity index (χ3v) is 4.04. The molecule has 0 N–H and O–H groups in total. The van der Waals surface area contributed by atoms with Gasteiger partial charge in [-0.15, -0.1) is 5.10 Å². The number of unbranched alkanes of at least 4 members (excludes halogenated alkanes) is 10. The molecular weight excluding hydrogens is 248 g/mol. The van der Waals surface area contributed by atoms with Gasteiger partial charge in [-0.05, 0) is 23.8 Å². The Morgan fingerprint density at radius 2 is 1.40 bits per heavy atom. The predicted molar refractivity (Wildman–Crippen MR) is 83.6 cm³/mol. The molecule has 0 aliphatic rings. The van der Waals surface area contributed by atoms with Gasteiger partial charge in [0.2, 0.25) is 0 Å². The zero-order chi connectivity index (χ0) is 14.5. The lowest BCUT2D eigenvalue weighted by atomic mass is 10.0. The van der Waals surface area contributed by atoms with Crippen LogP contribution in [0.15, 0.2) is 6.33 Å². The second-order valence-electron chi connectivity index (χ2n) is 5.96. The molecule has 1 aromatic rings. The van der Waals surface area contributed by atoms with Gasteiger partial charge >= 0.3 is 0 Å². The Morgan fingerprint density at radius 1 is 0.850 bits per heavy atom. The summed E-state index contributed by atoms with van der Waals surface area (Å²) in [6, 6.07) is 0.434. The highest BCUT2D eigenvalue weighted by atomic mass is 15.5. The van der Waals surface area contributed by atoms with Crippen molar-refractivity contribution in [3.8, 4) is 0 Å². The van der Waals surface area contributed by atoms with Gasteiger partial charge in [-0.25, -0.2) is 4.68 Å². The highest BCUT2D eigenvalue weighted by molar-refractivity contribution is 4.60. The Morgan fingerprint density at radius 3 is 1.90 bits per heavy atom. The summed E-state index contributed by atoms with van der Waals surface area (Å²) in [6.07, 6.45) is 18.3. The van der Waals surface area contributed by atoms with Crippen molar-refractivity contribution in [2.24, 2.45) is 0 Å². The molecule has 0 aliphatic heterocycles. The van der Waals surface area contributed by atoms with Crippen LogP contribution in [0.5, 0.6) is 0 Å². The summed E-state index contributed by atoms with van der Waals surface area (Å²) in [5, 5.41) is 11.3. The fraction of sp³-hybridized carbons (Fsp3) is 0.938. The lowest BCUT2D eigenvalue weighted by Gasteiger charge is -2.09. The molecule has 0 fully saturated rings. The molecule has 20 heavy (non-hydrogen) atoms. The van der Waals surface area contributed by atoms with Crippen molar-refractivity contribution in [1.82, 2.24) is 20.2 Å². The largest absolute Gasteiger partial charge is 0.230 e. The summed E-state index contributed by atoms with van der Waals surface area (Å²) in [7, 11) is 0. The van der Waals surface area contributed by atoms with Gasteiger partial charge in [-0.3, -0.25) is 0 Å². The summed E-state index contributed by atoms with van der Waals surface area (Å²) >= 11 is 0. The number of hydrogen-bond acceptors (Lipinski definition) is 3. The molecule has 116 valence electrons. The molecule has 0 bridgehead atoms. The molecular formula is C16H32N4. The van der Waals surface area contributed by atoms with E-state index in [4.69, 9.17) is 0 Å². The van der Waals surface area contributed by atoms with Crippen molar-refractivity contribution in [2.75, 3.05) is 0 Å². The van der Waals surface area contributed by atoms with E-state index in [9.17, 15) is 0 Å². The SMILES string of the molecule is CCCCCCCCCCCCCC(C)n1cnnn1. The van der Waals surface area contributed by atoms with Crippen molar-refractivity contribution in [3.05, 3.63) is 6.33 Å². The summed E-state index contributed by atoms with van der Waals surface area (Å²) < 4.78 is 1.86. The first-order valence-corrected chi connectivity index (χ1v) is 8.57. The van der Waals surface area contributed by atoms with E-state index >= 15 is 0 Å². The fourth-order valence-electron chi connectivity index (χ4n) is 2.61. The molecule has 0 radical (unpaired) electrons. The van der Waals surface area contributed by atoms with Crippen LogP contribution in [-0.4, -0.2) is 20.2 Å². The zero-order valence-electron chi connectivity index (χ0n) is 13.4. The van der Waals surface area contributed by atoms with Crippen LogP contribution >= 0.6 is 0 Å². The molecule has 0 amide bonds. The van der Waals surface area contributed by atoms with Gasteiger partial charge in [0, 0.05) is 0 Å². The molecule has 0 saturated carbocycles. The quantitative estimate of drug-likeness (QED) is 0.481. The van der Waals surface area contributed by atoms with Gasteiger partial charge in [0.25, 0.3) is 0 Å². The number of aromatic nitrogens is 4. The molecule has 1 rings (SSSR count). The van der Waals surface area contributed by atoms with E-state index in [1.807, 2.05) is 4.68 Å². The topological polar surface area (TPSA) is 43.6 Å². The Hall–Kier alpha value is -0.930. The highest BCUT2D eigenvalue weighted by Crippen LogP contribution is 2.15. The Labute approximate surface area is 124 Å². The molecule has 0 aliphatic carbocycles. The summed E-state index contributed by atoms with van der Waals surface area (Å²) in [5.41, 5.74) is 0. The van der Waals surface area contributed by atoms with Crippen molar-refractivity contribution >= 4 is 0 Å². The minimum absolute atomic E-state index is 0.434. The van der Waals surface area contributed by atoms with Crippen LogP contribution in [0.1, 0.15) is 96.9 Å². The highest BCUT2D eigenvalue weighted by Gasteiger charge is 2.04. The van der Waals surface area contributed by atoms with E-state index in [0.717, 1.165) is 0 Å². The second-order valence-corrected chi connectivity index (χ2v) is 5.96. The van der Waals surface area contributed by atoms with E-state index in [2.05, 4.69) is 29.4 Å². The lowest BCUT2D eigenvalue weighted by Crippen LogP contribution is -2.05. The van der Waals surface area contributed by atoms with Gasteiger partial charge in [0.05, 0.1) is 6.04 Å². The average molecular weight is 280 g/mol. The van der Waals surface area contributed by atoms with Gasteiger partial charge < -0.3 is 0 Å². The van der Waals surface area contributed by atoms with Crippen LogP contribution in [0, 0.1) is 0 Å².